The molecular weight excluding hydrogens is 224 g/mol. The van der Waals surface area contributed by atoms with E-state index >= 15 is 0 Å². The van der Waals surface area contributed by atoms with Crippen molar-refractivity contribution < 1.29 is 10.0 Å². The van der Waals surface area contributed by atoms with Crippen LogP contribution in [0.3, 0.4) is 0 Å². The summed E-state index contributed by atoms with van der Waals surface area (Å²) in [6.07, 6.45) is 0. The van der Waals surface area contributed by atoms with E-state index in [0.717, 1.165) is 0 Å². The molecule has 94 valence electrons. The van der Waals surface area contributed by atoms with Crippen LogP contribution in [0.5, 0.6) is 0 Å². The van der Waals surface area contributed by atoms with Gasteiger partial charge in [-0.05, 0) is 20.8 Å². The topological polar surface area (TPSA) is 84.4 Å². The predicted molar refractivity (Wildman–Crippen MR) is 62.1 cm³/mol. The molecule has 1 N–H and O–H groups in total. The van der Waals surface area contributed by atoms with Crippen LogP contribution in [0.15, 0.2) is 0 Å². The highest BCUT2D eigenvalue weighted by Crippen LogP contribution is 2.36. The van der Waals surface area contributed by atoms with Gasteiger partial charge in [0, 0.05) is 19.6 Å². The molecule has 0 unspecified atom stereocenters. The van der Waals surface area contributed by atoms with E-state index in [1.54, 1.807) is 23.4 Å². The Morgan fingerprint density at radius 3 is 2.59 bits per heavy atom. The first-order valence-corrected chi connectivity index (χ1v) is 5.55. The van der Waals surface area contributed by atoms with Gasteiger partial charge in [-0.3, -0.25) is 10.1 Å². The van der Waals surface area contributed by atoms with E-state index in [1.165, 1.54) is 0 Å². The highest BCUT2D eigenvalue weighted by Gasteiger charge is 2.42. The average Bonchev–Trinajstić information content (AvgIpc) is 2.50. The Morgan fingerprint density at radius 2 is 2.18 bits per heavy atom. The molecule has 1 aromatic heterocycles. The molecule has 2 rings (SSSR count). The van der Waals surface area contributed by atoms with Crippen LogP contribution in [0.2, 0.25) is 0 Å². The van der Waals surface area contributed by atoms with Crippen molar-refractivity contribution in [2.75, 3.05) is 18.0 Å². The number of rotatable bonds is 3. The quantitative estimate of drug-likeness (QED) is 0.620. The summed E-state index contributed by atoms with van der Waals surface area (Å²) in [6, 6.07) is 0. The molecule has 0 aliphatic carbocycles. The van der Waals surface area contributed by atoms with Gasteiger partial charge in [-0.25, -0.2) is 4.68 Å². The van der Waals surface area contributed by atoms with Gasteiger partial charge in [-0.2, -0.15) is 5.10 Å². The fraction of sp³-hybridized carbons (Fsp3) is 0.700. The molecule has 0 saturated carbocycles. The summed E-state index contributed by atoms with van der Waals surface area (Å²) in [6.45, 7) is 6.61. The van der Waals surface area contributed by atoms with Crippen LogP contribution in [0.4, 0.5) is 11.5 Å². The second-order valence-corrected chi connectivity index (χ2v) is 4.68. The monoisotopic (exact) mass is 240 g/mol. The number of β-amino-alcohol motifs (C(OH)–C–C–N with tert-alkyl or cyclic N) is 1. The van der Waals surface area contributed by atoms with Crippen molar-refractivity contribution in [1.29, 1.82) is 0 Å². The van der Waals surface area contributed by atoms with Gasteiger partial charge in [0.05, 0.1) is 10.5 Å². The molecule has 17 heavy (non-hydrogen) atoms. The number of aryl methyl sites for hydroxylation is 2. The van der Waals surface area contributed by atoms with E-state index in [4.69, 9.17) is 0 Å². The maximum Gasteiger partial charge on any atom is 0.333 e. The summed E-state index contributed by atoms with van der Waals surface area (Å²) in [7, 11) is 0. The van der Waals surface area contributed by atoms with Crippen molar-refractivity contribution in [3.63, 3.8) is 0 Å². The van der Waals surface area contributed by atoms with Crippen LogP contribution in [-0.4, -0.2) is 38.5 Å². The zero-order chi connectivity index (χ0) is 12.8. The minimum atomic E-state index is -0.759. The van der Waals surface area contributed by atoms with E-state index in [9.17, 15) is 15.2 Å². The summed E-state index contributed by atoms with van der Waals surface area (Å²) in [5.41, 5.74) is -0.300. The molecule has 7 nitrogen and oxygen atoms in total. The second kappa shape index (κ2) is 3.69. The van der Waals surface area contributed by atoms with Crippen LogP contribution in [-0.2, 0) is 6.54 Å². The molecule has 0 bridgehead atoms. The molecule has 0 spiro atoms. The molecule has 2 heterocycles. The minimum Gasteiger partial charge on any atom is -0.386 e. The summed E-state index contributed by atoms with van der Waals surface area (Å²) in [5, 5.41) is 24.9. The van der Waals surface area contributed by atoms with E-state index in [2.05, 4.69) is 5.10 Å². The van der Waals surface area contributed by atoms with Crippen molar-refractivity contribution >= 4 is 11.5 Å². The number of nitro groups is 1. The van der Waals surface area contributed by atoms with Crippen molar-refractivity contribution in [3.8, 4) is 0 Å². The molecule has 1 fully saturated rings. The Bertz CT molecular complexity index is 458. The molecule has 1 aromatic rings. The molecule has 7 heteroatoms. The molecular formula is C10H16N4O3. The highest BCUT2D eigenvalue weighted by atomic mass is 16.6. The number of hydrogen-bond acceptors (Lipinski definition) is 5. The Balaban J connectivity index is 2.41. The van der Waals surface area contributed by atoms with E-state index in [-0.39, 0.29) is 5.69 Å². The van der Waals surface area contributed by atoms with E-state index < -0.39 is 10.5 Å². The fourth-order valence-corrected chi connectivity index (χ4v) is 2.23. The first kappa shape index (κ1) is 11.8. The molecule has 0 aromatic carbocycles. The van der Waals surface area contributed by atoms with Gasteiger partial charge in [0.15, 0.2) is 0 Å². The number of anilines is 1. The number of nitrogens with zero attached hydrogens (tertiary/aromatic N) is 4. The lowest BCUT2D eigenvalue weighted by Crippen LogP contribution is -2.60. The third kappa shape index (κ3) is 1.86. The zero-order valence-electron chi connectivity index (χ0n) is 10.2. The zero-order valence-corrected chi connectivity index (χ0v) is 10.2. The SMILES string of the molecule is CCn1nc(C)c([N+](=O)[O-])c1N1CC(C)(O)C1. The standard InChI is InChI=1S/C10H16N4O3/c1-4-13-9(12-5-10(3,15)6-12)8(14(16)17)7(2)11-13/h15H,4-6H2,1-3H3. The number of hydrogen-bond donors (Lipinski definition) is 1. The van der Waals surface area contributed by atoms with Gasteiger partial charge in [0.1, 0.15) is 5.69 Å². The normalized spacial score (nSPS) is 18.0. The maximum atomic E-state index is 11.0. The molecule has 0 amide bonds. The highest BCUT2D eigenvalue weighted by molar-refractivity contribution is 5.63. The van der Waals surface area contributed by atoms with Crippen LogP contribution in [0.1, 0.15) is 19.5 Å². The number of aromatic nitrogens is 2. The molecule has 1 aliphatic heterocycles. The summed E-state index contributed by atoms with van der Waals surface area (Å²) in [5.74, 6) is 0.501. The minimum absolute atomic E-state index is 0.0438. The summed E-state index contributed by atoms with van der Waals surface area (Å²) < 4.78 is 1.61. The molecule has 0 radical (unpaired) electrons. The van der Waals surface area contributed by atoms with E-state index in [1.807, 2.05) is 6.92 Å². The Hall–Kier alpha value is -1.63. The lowest BCUT2D eigenvalue weighted by Gasteiger charge is -2.44. The smallest absolute Gasteiger partial charge is 0.333 e. The molecule has 1 aliphatic rings. The van der Waals surface area contributed by atoms with Crippen molar-refractivity contribution in [1.82, 2.24) is 9.78 Å². The predicted octanol–water partition coefficient (Wildman–Crippen LogP) is 0.691. The van der Waals surface area contributed by atoms with Gasteiger partial charge in [0.2, 0.25) is 5.82 Å². The maximum absolute atomic E-state index is 11.0. The first-order valence-electron chi connectivity index (χ1n) is 5.55. The van der Waals surface area contributed by atoms with Crippen LogP contribution >= 0.6 is 0 Å². The third-order valence-corrected chi connectivity index (χ3v) is 2.91. The van der Waals surface area contributed by atoms with Crippen LogP contribution in [0.25, 0.3) is 0 Å². The van der Waals surface area contributed by atoms with Crippen LogP contribution < -0.4 is 4.90 Å². The van der Waals surface area contributed by atoms with Gasteiger partial charge in [-0.1, -0.05) is 0 Å². The van der Waals surface area contributed by atoms with Crippen molar-refractivity contribution in [2.24, 2.45) is 0 Å². The summed E-state index contributed by atoms with van der Waals surface area (Å²) in [4.78, 5) is 12.4. The third-order valence-electron chi connectivity index (χ3n) is 2.91. The van der Waals surface area contributed by atoms with Crippen LogP contribution in [0, 0.1) is 17.0 Å². The fourth-order valence-electron chi connectivity index (χ4n) is 2.23. The van der Waals surface area contributed by atoms with Crippen molar-refractivity contribution in [3.05, 3.63) is 15.8 Å². The number of aliphatic hydroxyl groups is 1. The largest absolute Gasteiger partial charge is 0.386 e. The Labute approximate surface area is 98.8 Å². The van der Waals surface area contributed by atoms with Gasteiger partial charge in [-0.15, -0.1) is 0 Å². The Kier molecular flexibility index (Phi) is 2.57. The van der Waals surface area contributed by atoms with Gasteiger partial charge in [0.25, 0.3) is 0 Å². The van der Waals surface area contributed by atoms with Crippen molar-refractivity contribution in [2.45, 2.75) is 32.9 Å². The molecule has 0 atom stereocenters. The lowest BCUT2D eigenvalue weighted by molar-refractivity contribution is -0.384. The first-order chi connectivity index (χ1) is 7.85. The average molecular weight is 240 g/mol. The summed E-state index contributed by atoms with van der Waals surface area (Å²) >= 11 is 0. The lowest BCUT2D eigenvalue weighted by atomic mass is 9.97. The molecule has 1 saturated heterocycles. The van der Waals surface area contributed by atoms with Gasteiger partial charge < -0.3 is 10.0 Å². The second-order valence-electron chi connectivity index (χ2n) is 4.68. The Morgan fingerprint density at radius 1 is 1.59 bits per heavy atom. The van der Waals surface area contributed by atoms with E-state index in [0.29, 0.717) is 31.1 Å². The van der Waals surface area contributed by atoms with Gasteiger partial charge >= 0.3 is 5.69 Å².